The van der Waals surface area contributed by atoms with Crippen LogP contribution in [0.1, 0.15) is 18.1 Å². The van der Waals surface area contributed by atoms with Crippen molar-refractivity contribution in [2.45, 2.75) is 12.5 Å². The van der Waals surface area contributed by atoms with E-state index in [1.54, 1.807) is 12.1 Å². The highest BCUT2D eigenvalue weighted by Crippen LogP contribution is 2.35. The molecule has 0 saturated carbocycles. The molecule has 1 atom stereocenters. The summed E-state index contributed by atoms with van der Waals surface area (Å²) in [7, 11) is 0. The van der Waals surface area contributed by atoms with Crippen LogP contribution in [-0.2, 0) is 10.3 Å². The van der Waals surface area contributed by atoms with E-state index >= 15 is 0 Å². The summed E-state index contributed by atoms with van der Waals surface area (Å²) in [6.45, 7) is 3.53. The molecule has 1 aliphatic heterocycles. The van der Waals surface area contributed by atoms with E-state index < -0.39 is 10.5 Å². The van der Waals surface area contributed by atoms with E-state index in [0.29, 0.717) is 25.4 Å². The third kappa shape index (κ3) is 2.94. The highest BCUT2D eigenvalue weighted by atomic mass is 16.6. The van der Waals surface area contributed by atoms with Crippen molar-refractivity contribution in [3.63, 3.8) is 0 Å². The fourth-order valence-electron chi connectivity index (χ4n) is 3.05. The van der Waals surface area contributed by atoms with Gasteiger partial charge in [0.2, 0.25) is 0 Å². The van der Waals surface area contributed by atoms with Crippen LogP contribution in [0.25, 0.3) is 0 Å². The van der Waals surface area contributed by atoms with Crippen molar-refractivity contribution >= 4 is 11.4 Å². The number of nitriles is 1. The van der Waals surface area contributed by atoms with Crippen LogP contribution in [0.15, 0.2) is 48.5 Å². The predicted octanol–water partition coefficient (Wildman–Crippen LogP) is 3.22. The van der Waals surface area contributed by atoms with E-state index in [1.807, 2.05) is 48.2 Å². The van der Waals surface area contributed by atoms with Gasteiger partial charge < -0.3 is 9.64 Å². The molecule has 0 aromatic heterocycles. The Morgan fingerprint density at radius 3 is 2.71 bits per heavy atom. The summed E-state index contributed by atoms with van der Waals surface area (Å²) in [4.78, 5) is 12.9. The van der Waals surface area contributed by atoms with Gasteiger partial charge >= 0.3 is 0 Å². The molecule has 1 aliphatic rings. The number of hydrogen-bond donors (Lipinski definition) is 0. The molecule has 24 heavy (non-hydrogen) atoms. The van der Waals surface area contributed by atoms with Crippen LogP contribution in [0, 0.1) is 21.4 Å². The summed E-state index contributed by atoms with van der Waals surface area (Å²) >= 11 is 0. The Balaban J connectivity index is 1.96. The van der Waals surface area contributed by atoms with E-state index in [1.165, 1.54) is 6.07 Å². The Morgan fingerprint density at radius 1 is 1.29 bits per heavy atom. The third-order valence-corrected chi connectivity index (χ3v) is 4.30. The maximum Gasteiger partial charge on any atom is 0.293 e. The van der Waals surface area contributed by atoms with Crippen molar-refractivity contribution in [2.24, 2.45) is 0 Å². The highest BCUT2D eigenvalue weighted by molar-refractivity contribution is 5.66. The van der Waals surface area contributed by atoms with Gasteiger partial charge in [0.1, 0.15) is 11.3 Å². The van der Waals surface area contributed by atoms with Gasteiger partial charge in [0.15, 0.2) is 0 Å². The van der Waals surface area contributed by atoms with Crippen molar-refractivity contribution in [2.75, 3.05) is 24.6 Å². The second kappa shape index (κ2) is 6.30. The second-order valence-electron chi connectivity index (χ2n) is 5.94. The molecule has 1 heterocycles. The van der Waals surface area contributed by atoms with Crippen molar-refractivity contribution in [3.05, 3.63) is 69.8 Å². The van der Waals surface area contributed by atoms with Gasteiger partial charge in [0.05, 0.1) is 29.7 Å². The molecule has 2 aromatic rings. The number of rotatable bonds is 3. The Hall–Kier alpha value is -2.91. The van der Waals surface area contributed by atoms with Gasteiger partial charge in [-0.05, 0) is 24.6 Å². The van der Waals surface area contributed by atoms with Gasteiger partial charge in [0, 0.05) is 12.6 Å². The molecule has 1 saturated heterocycles. The average Bonchev–Trinajstić information content (AvgIpc) is 2.62. The number of hydrogen-bond acceptors (Lipinski definition) is 5. The lowest BCUT2D eigenvalue weighted by Crippen LogP contribution is -2.48. The van der Waals surface area contributed by atoms with Crippen molar-refractivity contribution < 1.29 is 9.66 Å². The Labute approximate surface area is 140 Å². The zero-order chi connectivity index (χ0) is 17.2. The minimum Gasteiger partial charge on any atom is -0.367 e. The molecule has 1 unspecified atom stereocenters. The van der Waals surface area contributed by atoms with Crippen LogP contribution < -0.4 is 4.90 Å². The molecule has 6 heteroatoms. The zero-order valence-corrected chi connectivity index (χ0v) is 13.3. The summed E-state index contributed by atoms with van der Waals surface area (Å²) in [6.07, 6.45) is 0. The fourth-order valence-corrected chi connectivity index (χ4v) is 3.05. The van der Waals surface area contributed by atoms with Gasteiger partial charge in [-0.3, -0.25) is 10.1 Å². The van der Waals surface area contributed by atoms with Gasteiger partial charge in [0.25, 0.3) is 5.69 Å². The Kier molecular flexibility index (Phi) is 4.19. The van der Waals surface area contributed by atoms with E-state index in [-0.39, 0.29) is 11.3 Å². The minimum absolute atomic E-state index is 0.0497. The first-order chi connectivity index (χ1) is 11.5. The zero-order valence-electron chi connectivity index (χ0n) is 13.3. The molecule has 0 radical (unpaired) electrons. The maximum atomic E-state index is 11.4. The largest absolute Gasteiger partial charge is 0.367 e. The molecule has 0 amide bonds. The number of nitro benzene ring substituents is 1. The quantitative estimate of drug-likeness (QED) is 0.640. The number of morpholine rings is 1. The lowest BCUT2D eigenvalue weighted by atomic mass is 9.93. The Morgan fingerprint density at radius 2 is 2.04 bits per heavy atom. The lowest BCUT2D eigenvalue weighted by molar-refractivity contribution is -0.384. The predicted molar refractivity (Wildman–Crippen MR) is 89.8 cm³/mol. The summed E-state index contributed by atoms with van der Waals surface area (Å²) in [5.41, 5.74) is 1.24. The SMILES string of the molecule is CC1(c2ccccc2)CN(c2ccc(C#N)cc2[N+](=O)[O-])CCO1. The lowest BCUT2D eigenvalue weighted by Gasteiger charge is -2.41. The van der Waals surface area contributed by atoms with Crippen LogP contribution >= 0.6 is 0 Å². The number of nitrogens with zero attached hydrogens (tertiary/aromatic N) is 3. The molecular formula is C18H17N3O3. The molecule has 0 spiro atoms. The van der Waals surface area contributed by atoms with E-state index in [9.17, 15) is 10.1 Å². The standard InChI is InChI=1S/C18H17N3O3/c1-18(15-5-3-2-4-6-15)13-20(9-10-24-18)16-8-7-14(12-19)11-17(16)21(22)23/h2-8,11H,9-10,13H2,1H3. The van der Waals surface area contributed by atoms with Gasteiger partial charge in [-0.2, -0.15) is 5.26 Å². The number of anilines is 1. The summed E-state index contributed by atoms with van der Waals surface area (Å²) in [5.74, 6) is 0. The minimum atomic E-state index is -0.540. The highest BCUT2D eigenvalue weighted by Gasteiger charge is 2.35. The van der Waals surface area contributed by atoms with Crippen LogP contribution in [-0.4, -0.2) is 24.6 Å². The van der Waals surface area contributed by atoms with Crippen molar-refractivity contribution in [1.82, 2.24) is 0 Å². The van der Waals surface area contributed by atoms with Crippen LogP contribution in [0.2, 0.25) is 0 Å². The smallest absolute Gasteiger partial charge is 0.293 e. The summed E-state index contributed by atoms with van der Waals surface area (Å²) < 4.78 is 5.98. The van der Waals surface area contributed by atoms with Crippen LogP contribution in [0.4, 0.5) is 11.4 Å². The van der Waals surface area contributed by atoms with E-state index in [2.05, 4.69) is 0 Å². The van der Waals surface area contributed by atoms with Crippen molar-refractivity contribution in [3.8, 4) is 6.07 Å². The number of benzene rings is 2. The molecule has 6 nitrogen and oxygen atoms in total. The maximum absolute atomic E-state index is 11.4. The monoisotopic (exact) mass is 323 g/mol. The van der Waals surface area contributed by atoms with Gasteiger partial charge in [-0.1, -0.05) is 30.3 Å². The Bertz CT molecular complexity index is 801. The molecule has 3 rings (SSSR count). The average molecular weight is 323 g/mol. The second-order valence-corrected chi connectivity index (χ2v) is 5.94. The third-order valence-electron chi connectivity index (χ3n) is 4.30. The topological polar surface area (TPSA) is 79.4 Å². The molecular weight excluding hydrogens is 306 g/mol. The van der Waals surface area contributed by atoms with Gasteiger partial charge in [-0.25, -0.2) is 0 Å². The first-order valence-corrected chi connectivity index (χ1v) is 7.66. The summed E-state index contributed by atoms with van der Waals surface area (Å²) in [5, 5.41) is 20.4. The summed E-state index contributed by atoms with van der Waals surface area (Å²) in [6, 6.07) is 16.4. The molecule has 0 bridgehead atoms. The molecule has 0 N–H and O–H groups in total. The molecule has 1 fully saturated rings. The number of nitro groups is 1. The molecule has 0 aliphatic carbocycles. The van der Waals surface area contributed by atoms with Gasteiger partial charge in [-0.15, -0.1) is 0 Å². The number of ether oxygens (including phenoxy) is 1. The fraction of sp³-hybridized carbons (Fsp3) is 0.278. The van der Waals surface area contributed by atoms with E-state index in [4.69, 9.17) is 10.00 Å². The normalized spacial score (nSPS) is 20.4. The van der Waals surface area contributed by atoms with E-state index in [0.717, 1.165) is 5.56 Å². The van der Waals surface area contributed by atoms with Crippen LogP contribution in [0.3, 0.4) is 0 Å². The van der Waals surface area contributed by atoms with Crippen molar-refractivity contribution in [1.29, 1.82) is 5.26 Å². The first-order valence-electron chi connectivity index (χ1n) is 7.66. The van der Waals surface area contributed by atoms with Crippen LogP contribution in [0.5, 0.6) is 0 Å². The first kappa shape index (κ1) is 16.0. The molecule has 122 valence electrons. The molecule has 2 aromatic carbocycles.